The number of carboxylic acids is 1. The molecule has 2 N–H and O–H groups in total. The van der Waals surface area contributed by atoms with Crippen molar-refractivity contribution in [1.82, 2.24) is 5.32 Å². The van der Waals surface area contributed by atoms with Gasteiger partial charge in [0.25, 0.3) is 5.91 Å². The van der Waals surface area contributed by atoms with Gasteiger partial charge in [-0.05, 0) is 53.8 Å². The van der Waals surface area contributed by atoms with Gasteiger partial charge in [-0.15, -0.1) is 0 Å². The van der Waals surface area contributed by atoms with Gasteiger partial charge in [-0.25, -0.2) is 4.79 Å². The molecule has 0 aliphatic heterocycles. The highest BCUT2D eigenvalue weighted by atomic mass is 32.1. The van der Waals surface area contributed by atoms with Crippen molar-refractivity contribution in [2.24, 2.45) is 0 Å². The molecule has 0 unspecified atom stereocenters. The van der Waals surface area contributed by atoms with E-state index >= 15 is 0 Å². The van der Waals surface area contributed by atoms with Crippen LogP contribution in [-0.4, -0.2) is 17.0 Å². The van der Waals surface area contributed by atoms with Gasteiger partial charge < -0.3 is 10.4 Å². The van der Waals surface area contributed by atoms with Gasteiger partial charge in [-0.1, -0.05) is 12.1 Å². The van der Waals surface area contributed by atoms with Gasteiger partial charge in [0.1, 0.15) is 0 Å². The van der Waals surface area contributed by atoms with Crippen LogP contribution < -0.4 is 5.32 Å². The SMILES string of the molecule is Cc1cscc1CNC(=O)c1c(C)ccc(C)c1C(=O)O. The van der Waals surface area contributed by atoms with Crippen LogP contribution in [0.2, 0.25) is 0 Å². The molecule has 110 valence electrons. The Kier molecular flexibility index (Phi) is 4.43. The predicted molar refractivity (Wildman–Crippen MR) is 83.1 cm³/mol. The second-order valence-corrected chi connectivity index (χ2v) is 5.76. The molecular formula is C16H17NO3S. The average molecular weight is 303 g/mol. The molecular weight excluding hydrogens is 286 g/mol. The van der Waals surface area contributed by atoms with Crippen LogP contribution in [-0.2, 0) is 6.54 Å². The highest BCUT2D eigenvalue weighted by Gasteiger charge is 2.21. The summed E-state index contributed by atoms with van der Waals surface area (Å²) in [4.78, 5) is 23.8. The third-order valence-electron chi connectivity index (χ3n) is 3.46. The summed E-state index contributed by atoms with van der Waals surface area (Å²) in [7, 11) is 0. The third-order valence-corrected chi connectivity index (χ3v) is 4.37. The summed E-state index contributed by atoms with van der Waals surface area (Å²) in [5, 5.41) is 16.1. The first kappa shape index (κ1) is 15.3. The molecule has 21 heavy (non-hydrogen) atoms. The van der Waals surface area contributed by atoms with Crippen molar-refractivity contribution < 1.29 is 14.7 Å². The van der Waals surface area contributed by atoms with Crippen LogP contribution in [0.25, 0.3) is 0 Å². The molecule has 0 aliphatic carbocycles. The number of hydrogen-bond donors (Lipinski definition) is 2. The van der Waals surface area contributed by atoms with Crippen LogP contribution in [0.5, 0.6) is 0 Å². The first-order chi connectivity index (χ1) is 9.91. The van der Waals surface area contributed by atoms with E-state index in [2.05, 4.69) is 5.32 Å². The fourth-order valence-corrected chi connectivity index (χ4v) is 3.07. The fraction of sp³-hybridized carbons (Fsp3) is 0.250. The van der Waals surface area contributed by atoms with E-state index < -0.39 is 5.97 Å². The maximum Gasteiger partial charge on any atom is 0.336 e. The first-order valence-electron chi connectivity index (χ1n) is 6.55. The topological polar surface area (TPSA) is 66.4 Å². The summed E-state index contributed by atoms with van der Waals surface area (Å²) in [6.07, 6.45) is 0. The Bertz CT molecular complexity index is 704. The number of rotatable bonds is 4. The number of hydrogen-bond acceptors (Lipinski definition) is 3. The second kappa shape index (κ2) is 6.10. The Morgan fingerprint density at radius 3 is 2.19 bits per heavy atom. The van der Waals surface area contributed by atoms with E-state index in [0.717, 1.165) is 11.1 Å². The zero-order valence-electron chi connectivity index (χ0n) is 12.2. The molecule has 2 aromatic rings. The molecule has 1 aromatic heterocycles. The van der Waals surface area contributed by atoms with E-state index in [1.54, 1.807) is 37.3 Å². The number of carbonyl (C=O) groups is 2. The highest BCUT2D eigenvalue weighted by Crippen LogP contribution is 2.19. The monoisotopic (exact) mass is 303 g/mol. The van der Waals surface area contributed by atoms with Gasteiger partial charge in [0.2, 0.25) is 0 Å². The smallest absolute Gasteiger partial charge is 0.336 e. The molecule has 5 heteroatoms. The van der Waals surface area contributed by atoms with Crippen molar-refractivity contribution >= 4 is 23.2 Å². The molecule has 4 nitrogen and oxygen atoms in total. The quantitative estimate of drug-likeness (QED) is 0.910. The largest absolute Gasteiger partial charge is 0.478 e. The highest BCUT2D eigenvalue weighted by molar-refractivity contribution is 7.08. The summed E-state index contributed by atoms with van der Waals surface area (Å²) in [6.45, 7) is 5.83. The molecule has 0 saturated heterocycles. The van der Waals surface area contributed by atoms with Crippen molar-refractivity contribution in [3.8, 4) is 0 Å². The number of aryl methyl sites for hydroxylation is 3. The minimum absolute atomic E-state index is 0.0783. The van der Waals surface area contributed by atoms with E-state index in [1.807, 2.05) is 17.7 Å². The van der Waals surface area contributed by atoms with Crippen LogP contribution in [0.4, 0.5) is 0 Å². The van der Waals surface area contributed by atoms with Crippen molar-refractivity contribution in [1.29, 1.82) is 0 Å². The number of nitrogens with one attached hydrogen (secondary N) is 1. The number of thiophene rings is 1. The van der Waals surface area contributed by atoms with Crippen LogP contribution >= 0.6 is 11.3 Å². The van der Waals surface area contributed by atoms with Gasteiger partial charge in [0.15, 0.2) is 0 Å². The summed E-state index contributed by atoms with van der Waals surface area (Å²) in [5.41, 5.74) is 3.75. The lowest BCUT2D eigenvalue weighted by atomic mass is 9.96. The Labute approximate surface area is 127 Å². The van der Waals surface area contributed by atoms with E-state index in [9.17, 15) is 14.7 Å². The van der Waals surface area contributed by atoms with Gasteiger partial charge >= 0.3 is 5.97 Å². The Balaban J connectivity index is 2.29. The summed E-state index contributed by atoms with van der Waals surface area (Å²) >= 11 is 1.58. The average Bonchev–Trinajstić information content (AvgIpc) is 2.83. The zero-order chi connectivity index (χ0) is 15.6. The van der Waals surface area contributed by atoms with Crippen LogP contribution in [0.3, 0.4) is 0 Å². The van der Waals surface area contributed by atoms with Crippen LogP contribution in [0, 0.1) is 20.8 Å². The number of benzene rings is 1. The molecule has 1 heterocycles. The Hall–Kier alpha value is -2.14. The standard InChI is InChI=1S/C16H17NO3S/c1-9-4-5-10(2)14(16(19)20)13(9)15(18)17-6-12-8-21-7-11(12)3/h4-5,7-8H,6H2,1-3H3,(H,17,18)(H,19,20). The van der Waals surface area contributed by atoms with Crippen molar-refractivity contribution in [2.45, 2.75) is 27.3 Å². The molecule has 2 rings (SSSR count). The number of aromatic carboxylic acids is 1. The maximum atomic E-state index is 12.4. The number of carboxylic acid groups (broad SMARTS) is 1. The first-order valence-corrected chi connectivity index (χ1v) is 7.49. The third kappa shape index (κ3) is 3.13. The summed E-state index contributed by atoms with van der Waals surface area (Å²) in [6, 6.07) is 3.49. The predicted octanol–water partition coefficient (Wildman–Crippen LogP) is 3.30. The molecule has 0 fully saturated rings. The van der Waals surface area contributed by atoms with Crippen molar-refractivity contribution in [3.63, 3.8) is 0 Å². The summed E-state index contributed by atoms with van der Waals surface area (Å²) in [5.74, 6) is -1.42. The number of carbonyl (C=O) groups excluding carboxylic acids is 1. The molecule has 1 aromatic carbocycles. The van der Waals surface area contributed by atoms with E-state index in [4.69, 9.17) is 0 Å². The van der Waals surface area contributed by atoms with Gasteiger partial charge in [0.05, 0.1) is 11.1 Å². The molecule has 0 bridgehead atoms. The minimum atomic E-state index is -1.08. The van der Waals surface area contributed by atoms with Crippen LogP contribution in [0.15, 0.2) is 22.9 Å². The Morgan fingerprint density at radius 2 is 1.67 bits per heavy atom. The van der Waals surface area contributed by atoms with Crippen molar-refractivity contribution in [3.05, 3.63) is 56.3 Å². The minimum Gasteiger partial charge on any atom is -0.478 e. The number of amides is 1. The van der Waals surface area contributed by atoms with Gasteiger partial charge in [-0.2, -0.15) is 11.3 Å². The molecule has 0 saturated carbocycles. The Morgan fingerprint density at radius 1 is 1.05 bits per heavy atom. The van der Waals surface area contributed by atoms with E-state index in [-0.39, 0.29) is 17.0 Å². The van der Waals surface area contributed by atoms with E-state index in [0.29, 0.717) is 17.7 Å². The normalized spacial score (nSPS) is 10.4. The molecule has 0 spiro atoms. The lowest BCUT2D eigenvalue weighted by Crippen LogP contribution is -2.26. The fourth-order valence-electron chi connectivity index (χ4n) is 2.21. The molecule has 0 radical (unpaired) electrons. The second-order valence-electron chi connectivity index (χ2n) is 5.02. The summed E-state index contributed by atoms with van der Waals surface area (Å²) < 4.78 is 0. The van der Waals surface area contributed by atoms with Gasteiger partial charge in [-0.3, -0.25) is 4.79 Å². The molecule has 1 amide bonds. The van der Waals surface area contributed by atoms with Gasteiger partial charge in [0, 0.05) is 6.54 Å². The van der Waals surface area contributed by atoms with Crippen LogP contribution in [0.1, 0.15) is 43.0 Å². The van der Waals surface area contributed by atoms with E-state index in [1.165, 1.54) is 0 Å². The van der Waals surface area contributed by atoms with Crippen molar-refractivity contribution in [2.75, 3.05) is 0 Å². The molecule has 0 atom stereocenters. The lowest BCUT2D eigenvalue weighted by molar-refractivity contribution is 0.0690. The lowest BCUT2D eigenvalue weighted by Gasteiger charge is -2.12. The molecule has 0 aliphatic rings. The zero-order valence-corrected chi connectivity index (χ0v) is 13.0. The maximum absolute atomic E-state index is 12.4.